The quantitative estimate of drug-likeness (QED) is 0.864. The summed E-state index contributed by atoms with van der Waals surface area (Å²) in [6.45, 7) is 1.34. The average molecular weight is 366 g/mol. The second-order valence-corrected chi connectivity index (χ2v) is 6.24. The lowest BCUT2D eigenvalue weighted by Crippen LogP contribution is -2.51. The number of benzene rings is 1. The Kier molecular flexibility index (Phi) is 4.35. The highest BCUT2D eigenvalue weighted by Gasteiger charge is 2.66. The maximum absolute atomic E-state index is 13.3. The van der Waals surface area contributed by atoms with Gasteiger partial charge in [-0.15, -0.1) is 0 Å². The van der Waals surface area contributed by atoms with Crippen LogP contribution in [0.1, 0.15) is 11.1 Å². The highest BCUT2D eigenvalue weighted by Crippen LogP contribution is 2.47. The fourth-order valence-electron chi connectivity index (χ4n) is 2.76. The standard InChI is InChI=1S/C14H15BrF3NO2/c1-8-2-3-9(5-11(8)15)4-10-6-19-7-13(10,12(20)21)14(16,17)18/h2-3,5,10,19H,4,6-7H2,1H3,(H,20,21). The van der Waals surface area contributed by atoms with E-state index in [1.54, 1.807) is 18.2 Å². The molecule has 2 atom stereocenters. The van der Waals surface area contributed by atoms with Crippen molar-refractivity contribution >= 4 is 21.9 Å². The van der Waals surface area contributed by atoms with Gasteiger partial charge in [0.15, 0.2) is 5.41 Å². The summed E-state index contributed by atoms with van der Waals surface area (Å²) in [5, 5.41) is 11.8. The lowest BCUT2D eigenvalue weighted by atomic mass is 9.74. The van der Waals surface area contributed by atoms with Crippen LogP contribution < -0.4 is 5.32 Å². The smallest absolute Gasteiger partial charge is 0.406 e. The highest BCUT2D eigenvalue weighted by molar-refractivity contribution is 9.10. The number of rotatable bonds is 3. The van der Waals surface area contributed by atoms with E-state index >= 15 is 0 Å². The molecular formula is C14H15BrF3NO2. The largest absolute Gasteiger partial charge is 0.481 e. The Morgan fingerprint density at radius 3 is 2.71 bits per heavy atom. The monoisotopic (exact) mass is 365 g/mol. The highest BCUT2D eigenvalue weighted by atomic mass is 79.9. The minimum absolute atomic E-state index is 0.0390. The van der Waals surface area contributed by atoms with Crippen molar-refractivity contribution in [2.45, 2.75) is 19.5 Å². The number of nitrogens with one attached hydrogen (secondary N) is 1. The zero-order chi connectivity index (χ0) is 15.8. The maximum Gasteiger partial charge on any atom is 0.406 e. The number of carboxylic acid groups (broad SMARTS) is 1. The summed E-state index contributed by atoms with van der Waals surface area (Å²) in [6.07, 6.45) is -4.72. The topological polar surface area (TPSA) is 49.3 Å². The molecular weight excluding hydrogens is 351 g/mol. The molecule has 116 valence electrons. The van der Waals surface area contributed by atoms with Gasteiger partial charge in [-0.2, -0.15) is 13.2 Å². The van der Waals surface area contributed by atoms with Crippen molar-refractivity contribution < 1.29 is 23.1 Å². The number of carbonyl (C=O) groups is 1. The average Bonchev–Trinajstić information content (AvgIpc) is 2.78. The van der Waals surface area contributed by atoms with E-state index in [1.807, 2.05) is 6.92 Å². The Morgan fingerprint density at radius 1 is 1.52 bits per heavy atom. The lowest BCUT2D eigenvalue weighted by Gasteiger charge is -2.32. The number of aliphatic carboxylic acids is 1. The molecule has 2 rings (SSSR count). The van der Waals surface area contributed by atoms with Crippen LogP contribution in [-0.2, 0) is 11.2 Å². The van der Waals surface area contributed by atoms with Gasteiger partial charge in [0.25, 0.3) is 0 Å². The van der Waals surface area contributed by atoms with Gasteiger partial charge < -0.3 is 10.4 Å². The molecule has 1 saturated heterocycles. The fourth-order valence-corrected chi connectivity index (χ4v) is 3.19. The summed E-state index contributed by atoms with van der Waals surface area (Å²) in [4.78, 5) is 11.3. The van der Waals surface area contributed by atoms with Crippen LogP contribution in [-0.4, -0.2) is 30.3 Å². The summed E-state index contributed by atoms with van der Waals surface area (Å²) >= 11 is 3.34. The zero-order valence-electron chi connectivity index (χ0n) is 11.3. The summed E-state index contributed by atoms with van der Waals surface area (Å²) in [5.74, 6) is -2.83. The van der Waals surface area contributed by atoms with Crippen molar-refractivity contribution in [3.05, 3.63) is 33.8 Å². The van der Waals surface area contributed by atoms with Crippen LogP contribution in [0.15, 0.2) is 22.7 Å². The molecule has 1 aromatic carbocycles. The molecule has 1 fully saturated rings. The number of aryl methyl sites for hydroxylation is 1. The molecule has 2 unspecified atom stereocenters. The van der Waals surface area contributed by atoms with Crippen LogP contribution in [0, 0.1) is 18.3 Å². The first-order chi connectivity index (χ1) is 9.68. The number of alkyl halides is 3. The fraction of sp³-hybridized carbons (Fsp3) is 0.500. The minimum Gasteiger partial charge on any atom is -0.481 e. The Labute approximate surface area is 128 Å². The summed E-state index contributed by atoms with van der Waals surface area (Å²) in [5.41, 5.74) is -1.05. The molecule has 2 N–H and O–H groups in total. The third kappa shape index (κ3) is 2.81. The summed E-state index contributed by atoms with van der Waals surface area (Å²) in [6, 6.07) is 5.29. The van der Waals surface area contributed by atoms with E-state index in [4.69, 9.17) is 0 Å². The first-order valence-corrected chi connectivity index (χ1v) is 7.23. The predicted molar refractivity (Wildman–Crippen MR) is 75.1 cm³/mol. The summed E-state index contributed by atoms with van der Waals surface area (Å²) in [7, 11) is 0. The number of hydrogen-bond acceptors (Lipinski definition) is 2. The van der Waals surface area contributed by atoms with Crippen molar-refractivity contribution in [3.63, 3.8) is 0 Å². The molecule has 0 spiro atoms. The molecule has 1 aliphatic rings. The predicted octanol–water partition coefficient (Wildman–Crippen LogP) is 3.15. The van der Waals surface area contributed by atoms with Gasteiger partial charge in [-0.1, -0.05) is 28.1 Å². The molecule has 21 heavy (non-hydrogen) atoms. The van der Waals surface area contributed by atoms with E-state index in [2.05, 4.69) is 21.2 Å². The van der Waals surface area contributed by atoms with Gasteiger partial charge in [-0.25, -0.2) is 0 Å². The van der Waals surface area contributed by atoms with E-state index < -0.39 is 30.0 Å². The summed E-state index contributed by atoms with van der Waals surface area (Å²) < 4.78 is 40.8. The van der Waals surface area contributed by atoms with Gasteiger partial charge in [0.1, 0.15) is 0 Å². The first kappa shape index (κ1) is 16.3. The molecule has 3 nitrogen and oxygen atoms in total. The Morgan fingerprint density at radius 2 is 2.19 bits per heavy atom. The van der Waals surface area contributed by atoms with Crippen molar-refractivity contribution in [3.8, 4) is 0 Å². The van der Waals surface area contributed by atoms with Crippen molar-refractivity contribution in [1.29, 1.82) is 0 Å². The third-order valence-corrected chi connectivity index (χ3v) is 4.95. The van der Waals surface area contributed by atoms with Gasteiger partial charge >= 0.3 is 12.1 Å². The molecule has 1 aliphatic heterocycles. The van der Waals surface area contributed by atoms with Crippen LogP contribution in [0.4, 0.5) is 13.2 Å². The Hall–Kier alpha value is -1.08. The second kappa shape index (κ2) is 5.61. The van der Waals surface area contributed by atoms with Crippen LogP contribution in [0.25, 0.3) is 0 Å². The number of halogens is 4. The van der Waals surface area contributed by atoms with Crippen molar-refractivity contribution in [1.82, 2.24) is 5.32 Å². The van der Waals surface area contributed by atoms with E-state index in [-0.39, 0.29) is 13.0 Å². The third-order valence-electron chi connectivity index (χ3n) is 4.10. The minimum atomic E-state index is -4.78. The maximum atomic E-state index is 13.3. The Balaban J connectivity index is 2.33. The molecule has 1 heterocycles. The van der Waals surface area contributed by atoms with Crippen LogP contribution in [0.2, 0.25) is 0 Å². The first-order valence-electron chi connectivity index (χ1n) is 6.44. The lowest BCUT2D eigenvalue weighted by molar-refractivity contribution is -0.236. The Bertz CT molecular complexity index is 562. The van der Waals surface area contributed by atoms with E-state index in [1.165, 1.54) is 0 Å². The van der Waals surface area contributed by atoms with Crippen LogP contribution in [0.5, 0.6) is 0 Å². The molecule has 0 aliphatic carbocycles. The number of carboxylic acids is 1. The van der Waals surface area contributed by atoms with E-state index in [9.17, 15) is 23.1 Å². The number of hydrogen-bond donors (Lipinski definition) is 2. The zero-order valence-corrected chi connectivity index (χ0v) is 12.9. The molecule has 0 radical (unpaired) electrons. The molecule has 7 heteroatoms. The molecule has 0 saturated carbocycles. The molecule has 0 bridgehead atoms. The van der Waals surface area contributed by atoms with Gasteiger partial charge in [-0.05, 0) is 37.1 Å². The second-order valence-electron chi connectivity index (χ2n) is 5.39. The SMILES string of the molecule is Cc1ccc(CC2CNCC2(C(=O)O)C(F)(F)F)cc1Br. The van der Waals surface area contributed by atoms with Crippen LogP contribution >= 0.6 is 15.9 Å². The molecule has 0 amide bonds. The van der Waals surface area contributed by atoms with E-state index in [0.29, 0.717) is 5.56 Å². The van der Waals surface area contributed by atoms with Crippen molar-refractivity contribution in [2.75, 3.05) is 13.1 Å². The van der Waals surface area contributed by atoms with Gasteiger partial charge in [0.05, 0.1) is 0 Å². The van der Waals surface area contributed by atoms with Gasteiger partial charge in [0, 0.05) is 16.9 Å². The van der Waals surface area contributed by atoms with E-state index in [0.717, 1.165) is 10.0 Å². The molecule has 1 aromatic rings. The molecule has 0 aromatic heterocycles. The van der Waals surface area contributed by atoms with Gasteiger partial charge in [-0.3, -0.25) is 4.79 Å². The van der Waals surface area contributed by atoms with Crippen molar-refractivity contribution in [2.24, 2.45) is 11.3 Å². The van der Waals surface area contributed by atoms with Gasteiger partial charge in [0.2, 0.25) is 0 Å². The van der Waals surface area contributed by atoms with Crippen LogP contribution in [0.3, 0.4) is 0 Å². The normalized spacial score (nSPS) is 26.0.